The molecule has 0 radical (unpaired) electrons. The van der Waals surface area contributed by atoms with Crippen LogP contribution in [0.25, 0.3) is 0 Å². The van der Waals surface area contributed by atoms with Gasteiger partial charge in [-0.25, -0.2) is 9.59 Å². The molecule has 0 aliphatic carbocycles. The molecule has 0 aliphatic heterocycles. The molecule has 0 fully saturated rings. The van der Waals surface area contributed by atoms with E-state index in [1.807, 2.05) is 6.07 Å². The molecule has 1 aromatic carbocycles. The van der Waals surface area contributed by atoms with Crippen LogP contribution in [-0.2, 0) is 35.2 Å². The highest BCUT2D eigenvalue weighted by atomic mass is 16.5. The SMILES string of the molecule is CCOC(=O)CN(Cc1ccccc1)C(=O)C(C)OC(=O)C=CC(=O)O. The number of esters is 2. The topological polar surface area (TPSA) is 110 Å². The van der Waals surface area contributed by atoms with Gasteiger partial charge in [0.05, 0.1) is 6.61 Å². The molecular formula is C18H21NO7. The first-order valence-corrected chi connectivity index (χ1v) is 7.93. The molecule has 8 heteroatoms. The molecule has 0 bridgehead atoms. The molecule has 1 unspecified atom stereocenters. The van der Waals surface area contributed by atoms with Gasteiger partial charge in [-0.05, 0) is 19.4 Å². The standard InChI is InChI=1S/C18H21NO7/c1-3-25-17(23)12-19(11-14-7-5-4-6-8-14)18(24)13(2)26-16(22)10-9-15(20)21/h4-10,13H,3,11-12H2,1-2H3,(H,20,21). The van der Waals surface area contributed by atoms with Crippen LogP contribution in [0.15, 0.2) is 42.5 Å². The fourth-order valence-corrected chi connectivity index (χ4v) is 2.04. The second-order valence-electron chi connectivity index (χ2n) is 5.24. The lowest BCUT2D eigenvalue weighted by Gasteiger charge is -2.24. The van der Waals surface area contributed by atoms with Gasteiger partial charge >= 0.3 is 17.9 Å². The van der Waals surface area contributed by atoms with Crippen LogP contribution < -0.4 is 0 Å². The zero-order valence-corrected chi connectivity index (χ0v) is 14.6. The van der Waals surface area contributed by atoms with Gasteiger partial charge in [-0.2, -0.15) is 0 Å². The lowest BCUT2D eigenvalue weighted by molar-refractivity contribution is -0.159. The molecule has 0 heterocycles. The number of rotatable bonds is 9. The van der Waals surface area contributed by atoms with E-state index in [4.69, 9.17) is 14.6 Å². The lowest BCUT2D eigenvalue weighted by atomic mass is 10.2. The molecule has 0 aromatic heterocycles. The number of carboxylic acid groups (broad SMARTS) is 1. The molecule has 1 N–H and O–H groups in total. The number of amides is 1. The molecule has 140 valence electrons. The van der Waals surface area contributed by atoms with Crippen molar-refractivity contribution in [2.45, 2.75) is 26.5 Å². The summed E-state index contributed by atoms with van der Waals surface area (Å²) in [6.07, 6.45) is 0.123. The van der Waals surface area contributed by atoms with Crippen molar-refractivity contribution >= 4 is 23.8 Å². The van der Waals surface area contributed by atoms with Crippen LogP contribution in [0.2, 0.25) is 0 Å². The molecule has 1 atom stereocenters. The largest absolute Gasteiger partial charge is 0.478 e. The number of carboxylic acids is 1. The van der Waals surface area contributed by atoms with Gasteiger partial charge in [-0.3, -0.25) is 9.59 Å². The van der Waals surface area contributed by atoms with Gasteiger partial charge in [-0.1, -0.05) is 30.3 Å². The van der Waals surface area contributed by atoms with Crippen LogP contribution in [0, 0.1) is 0 Å². The van der Waals surface area contributed by atoms with Gasteiger partial charge in [0, 0.05) is 18.7 Å². The Bertz CT molecular complexity index is 669. The van der Waals surface area contributed by atoms with Gasteiger partial charge in [0.15, 0.2) is 6.10 Å². The van der Waals surface area contributed by atoms with Crippen molar-refractivity contribution in [3.8, 4) is 0 Å². The predicted octanol–water partition coefficient (Wildman–Crippen LogP) is 1.15. The van der Waals surface area contributed by atoms with E-state index in [0.717, 1.165) is 5.56 Å². The van der Waals surface area contributed by atoms with Gasteiger partial charge in [0.25, 0.3) is 5.91 Å². The van der Waals surface area contributed by atoms with Crippen molar-refractivity contribution in [2.24, 2.45) is 0 Å². The van der Waals surface area contributed by atoms with Crippen molar-refractivity contribution in [2.75, 3.05) is 13.2 Å². The van der Waals surface area contributed by atoms with Crippen LogP contribution in [0.5, 0.6) is 0 Å². The van der Waals surface area contributed by atoms with Crippen molar-refractivity contribution < 1.29 is 33.8 Å². The minimum absolute atomic E-state index is 0.130. The third kappa shape index (κ3) is 7.61. The molecule has 8 nitrogen and oxygen atoms in total. The van der Waals surface area contributed by atoms with Gasteiger partial charge < -0.3 is 19.5 Å². The highest BCUT2D eigenvalue weighted by molar-refractivity contribution is 5.93. The maximum atomic E-state index is 12.6. The van der Waals surface area contributed by atoms with Crippen molar-refractivity contribution in [1.29, 1.82) is 0 Å². The molecule has 0 saturated heterocycles. The van der Waals surface area contributed by atoms with Crippen molar-refractivity contribution in [3.63, 3.8) is 0 Å². The third-order valence-corrected chi connectivity index (χ3v) is 3.16. The number of aliphatic carboxylic acids is 1. The number of nitrogens with zero attached hydrogens (tertiary/aromatic N) is 1. The van der Waals surface area contributed by atoms with E-state index >= 15 is 0 Å². The number of carbonyl (C=O) groups excluding carboxylic acids is 3. The van der Waals surface area contributed by atoms with Crippen LogP contribution in [0.4, 0.5) is 0 Å². The van der Waals surface area contributed by atoms with Gasteiger partial charge in [0.1, 0.15) is 6.54 Å². The Morgan fingerprint density at radius 2 is 1.81 bits per heavy atom. The summed E-state index contributed by atoms with van der Waals surface area (Å²) in [4.78, 5) is 47.5. The van der Waals surface area contributed by atoms with E-state index in [0.29, 0.717) is 12.2 Å². The zero-order chi connectivity index (χ0) is 19.5. The number of ether oxygens (including phenoxy) is 2. The Morgan fingerprint density at radius 1 is 1.15 bits per heavy atom. The number of carbonyl (C=O) groups is 4. The first-order chi connectivity index (χ1) is 12.3. The van der Waals surface area contributed by atoms with Crippen molar-refractivity contribution in [1.82, 2.24) is 4.90 Å². The number of hydrogen-bond donors (Lipinski definition) is 1. The van der Waals surface area contributed by atoms with E-state index in [1.54, 1.807) is 31.2 Å². The fourth-order valence-electron chi connectivity index (χ4n) is 2.04. The smallest absolute Gasteiger partial charge is 0.331 e. The molecule has 0 spiro atoms. The van der Waals surface area contributed by atoms with E-state index < -0.39 is 29.9 Å². The minimum Gasteiger partial charge on any atom is -0.478 e. The summed E-state index contributed by atoms with van der Waals surface area (Å²) < 4.78 is 9.76. The highest BCUT2D eigenvalue weighted by Crippen LogP contribution is 2.09. The normalized spacial score (nSPS) is 11.6. The maximum Gasteiger partial charge on any atom is 0.331 e. The highest BCUT2D eigenvalue weighted by Gasteiger charge is 2.25. The zero-order valence-electron chi connectivity index (χ0n) is 14.6. The Kier molecular flexibility index (Phi) is 8.56. The van der Waals surface area contributed by atoms with Crippen molar-refractivity contribution in [3.05, 3.63) is 48.0 Å². The van der Waals surface area contributed by atoms with Crippen LogP contribution in [0.1, 0.15) is 19.4 Å². The van der Waals surface area contributed by atoms with E-state index in [2.05, 4.69) is 0 Å². The summed E-state index contributed by atoms with van der Waals surface area (Å²) >= 11 is 0. The lowest BCUT2D eigenvalue weighted by Crippen LogP contribution is -2.42. The summed E-state index contributed by atoms with van der Waals surface area (Å²) in [5.74, 6) is -3.46. The van der Waals surface area contributed by atoms with E-state index in [-0.39, 0.29) is 19.7 Å². The number of hydrogen-bond acceptors (Lipinski definition) is 6. The van der Waals surface area contributed by atoms with E-state index in [9.17, 15) is 19.2 Å². The summed E-state index contributed by atoms with van der Waals surface area (Å²) in [6, 6.07) is 8.99. The molecule has 1 aromatic rings. The monoisotopic (exact) mass is 363 g/mol. The Hall–Kier alpha value is -3.16. The quantitative estimate of drug-likeness (QED) is 0.517. The van der Waals surface area contributed by atoms with Gasteiger partial charge in [0.2, 0.25) is 0 Å². The average Bonchev–Trinajstić information content (AvgIpc) is 2.59. The third-order valence-electron chi connectivity index (χ3n) is 3.16. The second kappa shape index (κ2) is 10.7. The summed E-state index contributed by atoms with van der Waals surface area (Å²) in [5, 5.41) is 8.49. The van der Waals surface area contributed by atoms with Crippen LogP contribution in [0.3, 0.4) is 0 Å². The fraction of sp³-hybridized carbons (Fsp3) is 0.333. The molecule has 26 heavy (non-hydrogen) atoms. The summed E-state index contributed by atoms with van der Waals surface area (Å²) in [5.41, 5.74) is 0.787. The average molecular weight is 363 g/mol. The molecular weight excluding hydrogens is 342 g/mol. The summed E-state index contributed by atoms with van der Waals surface area (Å²) in [7, 11) is 0. The van der Waals surface area contributed by atoms with Crippen LogP contribution in [-0.4, -0.2) is 53.1 Å². The Morgan fingerprint density at radius 3 is 2.38 bits per heavy atom. The maximum absolute atomic E-state index is 12.6. The number of benzene rings is 1. The van der Waals surface area contributed by atoms with E-state index in [1.165, 1.54) is 11.8 Å². The molecule has 1 rings (SSSR count). The molecule has 1 amide bonds. The molecule has 0 aliphatic rings. The predicted molar refractivity (Wildman–Crippen MR) is 90.8 cm³/mol. The summed E-state index contributed by atoms with van der Waals surface area (Å²) in [6.45, 7) is 3.01. The minimum atomic E-state index is -1.31. The van der Waals surface area contributed by atoms with Gasteiger partial charge in [-0.15, -0.1) is 0 Å². The Balaban J connectivity index is 2.82. The first kappa shape index (κ1) is 20.9. The molecule has 0 saturated carbocycles. The first-order valence-electron chi connectivity index (χ1n) is 7.93. The van der Waals surface area contributed by atoms with Crippen LogP contribution >= 0.6 is 0 Å². The second-order valence-corrected chi connectivity index (χ2v) is 5.24. The Labute approximate surface area is 151 Å².